The first kappa shape index (κ1) is 13.8. The Hall–Kier alpha value is -1.66. The highest BCUT2D eigenvalue weighted by Gasteiger charge is 2.08. The Kier molecular flexibility index (Phi) is 4.70. The highest BCUT2D eigenvalue weighted by Crippen LogP contribution is 2.13. The van der Waals surface area contributed by atoms with Crippen LogP contribution in [-0.4, -0.2) is 26.8 Å². The SMILES string of the molecule is CCOC(C)n1nnc(CNc2ccc(Cl)cc2)n1. The molecule has 6 nitrogen and oxygen atoms in total. The number of rotatable bonds is 6. The molecule has 0 bridgehead atoms. The lowest BCUT2D eigenvalue weighted by atomic mass is 10.3. The van der Waals surface area contributed by atoms with Gasteiger partial charge in [0, 0.05) is 17.3 Å². The smallest absolute Gasteiger partial charge is 0.193 e. The third-order valence-electron chi connectivity index (χ3n) is 2.50. The van der Waals surface area contributed by atoms with E-state index in [-0.39, 0.29) is 6.23 Å². The van der Waals surface area contributed by atoms with Crippen LogP contribution in [-0.2, 0) is 11.3 Å². The van der Waals surface area contributed by atoms with E-state index >= 15 is 0 Å². The maximum Gasteiger partial charge on any atom is 0.193 e. The third-order valence-corrected chi connectivity index (χ3v) is 2.75. The number of benzene rings is 1. The van der Waals surface area contributed by atoms with Crippen molar-refractivity contribution in [1.29, 1.82) is 0 Å². The highest BCUT2D eigenvalue weighted by atomic mass is 35.5. The molecule has 102 valence electrons. The molecule has 0 saturated heterocycles. The Morgan fingerprint density at radius 3 is 2.79 bits per heavy atom. The van der Waals surface area contributed by atoms with E-state index in [0.717, 1.165) is 5.69 Å². The predicted molar refractivity (Wildman–Crippen MR) is 72.9 cm³/mol. The molecule has 2 rings (SSSR count). The maximum absolute atomic E-state index is 5.82. The molecule has 0 aliphatic rings. The molecule has 0 amide bonds. The fourth-order valence-electron chi connectivity index (χ4n) is 1.54. The Balaban J connectivity index is 1.91. The molecule has 1 aromatic heterocycles. The summed E-state index contributed by atoms with van der Waals surface area (Å²) < 4.78 is 5.38. The maximum atomic E-state index is 5.82. The van der Waals surface area contributed by atoms with E-state index in [0.29, 0.717) is 24.0 Å². The van der Waals surface area contributed by atoms with E-state index in [1.165, 1.54) is 4.80 Å². The van der Waals surface area contributed by atoms with Crippen molar-refractivity contribution in [3.05, 3.63) is 35.1 Å². The van der Waals surface area contributed by atoms with Crippen molar-refractivity contribution in [2.45, 2.75) is 26.6 Å². The molecule has 0 saturated carbocycles. The number of aromatic nitrogens is 4. The van der Waals surface area contributed by atoms with Gasteiger partial charge in [0.2, 0.25) is 0 Å². The summed E-state index contributed by atoms with van der Waals surface area (Å²) in [6.45, 7) is 4.92. The summed E-state index contributed by atoms with van der Waals surface area (Å²) in [5, 5.41) is 16.1. The average Bonchev–Trinajstić information content (AvgIpc) is 2.87. The summed E-state index contributed by atoms with van der Waals surface area (Å²) in [5.74, 6) is 0.613. The average molecular weight is 282 g/mol. The molecule has 0 fully saturated rings. The van der Waals surface area contributed by atoms with Crippen LogP contribution in [0.15, 0.2) is 24.3 Å². The minimum absolute atomic E-state index is 0.207. The van der Waals surface area contributed by atoms with Crippen LogP contribution in [0.4, 0.5) is 5.69 Å². The topological polar surface area (TPSA) is 64.9 Å². The van der Waals surface area contributed by atoms with Gasteiger partial charge < -0.3 is 10.1 Å². The lowest BCUT2D eigenvalue weighted by molar-refractivity contribution is 0.00456. The molecule has 7 heteroatoms. The third kappa shape index (κ3) is 3.90. The van der Waals surface area contributed by atoms with Crippen molar-refractivity contribution in [2.75, 3.05) is 11.9 Å². The standard InChI is InChI=1S/C12H16ClN5O/c1-3-19-9(2)18-16-12(15-17-18)8-14-11-6-4-10(13)5-7-11/h4-7,9,14H,3,8H2,1-2H3. The van der Waals surface area contributed by atoms with Crippen molar-refractivity contribution in [1.82, 2.24) is 20.2 Å². The molecule has 1 atom stereocenters. The molecular weight excluding hydrogens is 266 g/mol. The summed E-state index contributed by atoms with van der Waals surface area (Å²) >= 11 is 5.82. The van der Waals surface area contributed by atoms with Crippen LogP contribution in [0.2, 0.25) is 5.02 Å². The molecule has 0 spiro atoms. The zero-order chi connectivity index (χ0) is 13.7. The summed E-state index contributed by atoms with van der Waals surface area (Å²) in [6, 6.07) is 7.45. The summed E-state index contributed by atoms with van der Waals surface area (Å²) in [5.41, 5.74) is 0.957. The van der Waals surface area contributed by atoms with Gasteiger partial charge in [0.15, 0.2) is 12.1 Å². The number of tetrazole rings is 1. The molecule has 1 heterocycles. The van der Waals surface area contributed by atoms with Gasteiger partial charge in [-0.2, -0.15) is 0 Å². The first-order valence-electron chi connectivity index (χ1n) is 6.08. The molecule has 1 aromatic carbocycles. The number of nitrogens with zero attached hydrogens (tertiary/aromatic N) is 4. The van der Waals surface area contributed by atoms with Crippen LogP contribution >= 0.6 is 11.6 Å². The van der Waals surface area contributed by atoms with Gasteiger partial charge in [-0.1, -0.05) is 11.6 Å². The van der Waals surface area contributed by atoms with Crippen molar-refractivity contribution < 1.29 is 4.74 Å². The number of halogens is 1. The van der Waals surface area contributed by atoms with Crippen LogP contribution in [0.1, 0.15) is 25.9 Å². The molecule has 1 N–H and O–H groups in total. The van der Waals surface area contributed by atoms with Gasteiger partial charge in [0.25, 0.3) is 0 Å². The Labute approximate surface area is 116 Å². The Bertz CT molecular complexity index is 513. The molecule has 1 unspecified atom stereocenters. The first-order valence-corrected chi connectivity index (χ1v) is 6.46. The zero-order valence-corrected chi connectivity index (χ0v) is 11.6. The predicted octanol–water partition coefficient (Wildman–Crippen LogP) is 2.49. The highest BCUT2D eigenvalue weighted by molar-refractivity contribution is 6.30. The van der Waals surface area contributed by atoms with Gasteiger partial charge in [0.05, 0.1) is 6.54 Å². The normalized spacial score (nSPS) is 12.4. The van der Waals surface area contributed by atoms with Crippen LogP contribution in [0, 0.1) is 0 Å². The fourth-order valence-corrected chi connectivity index (χ4v) is 1.66. The van der Waals surface area contributed by atoms with Crippen molar-refractivity contribution in [3.8, 4) is 0 Å². The Morgan fingerprint density at radius 2 is 2.11 bits per heavy atom. The zero-order valence-electron chi connectivity index (χ0n) is 10.9. The van der Waals surface area contributed by atoms with E-state index in [9.17, 15) is 0 Å². The first-order chi connectivity index (χ1) is 9.19. The van der Waals surface area contributed by atoms with Crippen LogP contribution < -0.4 is 5.32 Å². The second kappa shape index (κ2) is 6.49. The summed E-state index contributed by atoms with van der Waals surface area (Å²) in [4.78, 5) is 1.46. The van der Waals surface area contributed by atoms with Crippen LogP contribution in [0.5, 0.6) is 0 Å². The number of anilines is 1. The van der Waals surface area contributed by atoms with E-state index in [1.54, 1.807) is 0 Å². The van der Waals surface area contributed by atoms with E-state index in [2.05, 4.69) is 20.7 Å². The second-order valence-electron chi connectivity index (χ2n) is 3.94. The van der Waals surface area contributed by atoms with E-state index in [1.807, 2.05) is 38.1 Å². The van der Waals surface area contributed by atoms with Crippen LogP contribution in [0.3, 0.4) is 0 Å². The van der Waals surface area contributed by atoms with E-state index in [4.69, 9.17) is 16.3 Å². The number of ether oxygens (including phenoxy) is 1. The lowest BCUT2D eigenvalue weighted by Crippen LogP contribution is -2.13. The van der Waals surface area contributed by atoms with Crippen molar-refractivity contribution in [2.24, 2.45) is 0 Å². The Morgan fingerprint density at radius 1 is 1.37 bits per heavy atom. The van der Waals surface area contributed by atoms with Crippen molar-refractivity contribution in [3.63, 3.8) is 0 Å². The molecule has 2 aromatic rings. The second-order valence-corrected chi connectivity index (χ2v) is 4.38. The molecule has 0 aliphatic carbocycles. The van der Waals surface area contributed by atoms with Crippen LogP contribution in [0.25, 0.3) is 0 Å². The minimum atomic E-state index is -0.207. The van der Waals surface area contributed by atoms with Gasteiger partial charge in [-0.15, -0.1) is 15.0 Å². The van der Waals surface area contributed by atoms with Crippen molar-refractivity contribution >= 4 is 17.3 Å². The number of nitrogens with one attached hydrogen (secondary N) is 1. The molecule has 0 radical (unpaired) electrons. The fraction of sp³-hybridized carbons (Fsp3) is 0.417. The summed E-state index contributed by atoms with van der Waals surface area (Å²) in [7, 11) is 0. The number of hydrogen-bond donors (Lipinski definition) is 1. The minimum Gasteiger partial charge on any atom is -0.378 e. The van der Waals surface area contributed by atoms with Gasteiger partial charge >= 0.3 is 0 Å². The van der Waals surface area contributed by atoms with Gasteiger partial charge in [0.1, 0.15) is 0 Å². The van der Waals surface area contributed by atoms with Gasteiger partial charge in [-0.3, -0.25) is 0 Å². The summed E-state index contributed by atoms with van der Waals surface area (Å²) in [6.07, 6.45) is -0.207. The van der Waals surface area contributed by atoms with E-state index < -0.39 is 0 Å². The van der Waals surface area contributed by atoms with Gasteiger partial charge in [-0.25, -0.2) is 0 Å². The quantitative estimate of drug-likeness (QED) is 0.881. The number of hydrogen-bond acceptors (Lipinski definition) is 5. The molecule has 19 heavy (non-hydrogen) atoms. The molecule has 0 aliphatic heterocycles. The lowest BCUT2D eigenvalue weighted by Gasteiger charge is -2.08. The van der Waals surface area contributed by atoms with Gasteiger partial charge in [-0.05, 0) is 43.3 Å². The largest absolute Gasteiger partial charge is 0.378 e. The monoisotopic (exact) mass is 281 g/mol. The molecular formula is C12H16ClN5O.